The van der Waals surface area contributed by atoms with Crippen molar-refractivity contribution in [3.63, 3.8) is 0 Å². The minimum absolute atomic E-state index is 0.199. The van der Waals surface area contributed by atoms with Gasteiger partial charge in [-0.2, -0.15) is 0 Å². The van der Waals surface area contributed by atoms with Crippen LogP contribution in [-0.2, 0) is 28.7 Å². The summed E-state index contributed by atoms with van der Waals surface area (Å²) in [4.78, 5) is 22.1. The highest BCUT2D eigenvalue weighted by Crippen LogP contribution is 2.35. The summed E-state index contributed by atoms with van der Waals surface area (Å²) >= 11 is 0. The molecule has 4 N–H and O–H groups in total. The number of aromatic nitrogens is 3. The molecular formula is C23H23FN4O6P+. The largest absolute Gasteiger partial charge is 0.477 e. The number of hydrogen-bond donors (Lipinski definition) is 3. The zero-order valence-corrected chi connectivity index (χ0v) is 19.3. The van der Waals surface area contributed by atoms with E-state index in [0.29, 0.717) is 42.3 Å². The number of nitrogen functional groups attached to an aromatic ring is 1. The summed E-state index contributed by atoms with van der Waals surface area (Å²) in [6, 6.07) is 15.1. The number of ether oxygens (including phenoxy) is 1. The van der Waals surface area contributed by atoms with Crippen LogP contribution in [0.1, 0.15) is 16.8 Å². The SMILES string of the molecule is Nc1c(-c2cc(Cc3ccc(OCCc4cccc(F)c4)nc3)no2)ccc[n+]1COP(=O)(O)O. The summed E-state index contributed by atoms with van der Waals surface area (Å²) in [5.41, 5.74) is 8.98. The van der Waals surface area contributed by atoms with Crippen LogP contribution < -0.4 is 15.0 Å². The summed E-state index contributed by atoms with van der Waals surface area (Å²) < 4.78 is 41.1. The van der Waals surface area contributed by atoms with E-state index in [-0.39, 0.29) is 11.6 Å². The molecule has 4 aromatic rings. The highest BCUT2D eigenvalue weighted by Gasteiger charge is 2.20. The zero-order valence-electron chi connectivity index (χ0n) is 18.5. The molecule has 0 saturated heterocycles. The lowest BCUT2D eigenvalue weighted by Crippen LogP contribution is -2.38. The van der Waals surface area contributed by atoms with E-state index in [1.54, 1.807) is 36.5 Å². The second-order valence-electron chi connectivity index (χ2n) is 7.62. The van der Waals surface area contributed by atoms with Crippen molar-refractivity contribution in [2.45, 2.75) is 19.6 Å². The molecule has 0 aliphatic heterocycles. The maximum Gasteiger partial charge on any atom is 0.472 e. The lowest BCUT2D eigenvalue weighted by molar-refractivity contribution is -0.711. The second kappa shape index (κ2) is 10.7. The predicted octanol–water partition coefficient (Wildman–Crippen LogP) is 3.02. The molecule has 0 radical (unpaired) electrons. The first-order valence-electron chi connectivity index (χ1n) is 10.5. The number of halogens is 1. The molecule has 0 spiro atoms. The second-order valence-corrected chi connectivity index (χ2v) is 8.86. The van der Waals surface area contributed by atoms with Gasteiger partial charge < -0.3 is 19.0 Å². The van der Waals surface area contributed by atoms with Crippen LogP contribution in [0, 0.1) is 5.82 Å². The maximum atomic E-state index is 13.2. The van der Waals surface area contributed by atoms with Gasteiger partial charge in [-0.1, -0.05) is 23.4 Å². The van der Waals surface area contributed by atoms with Crippen LogP contribution in [0.3, 0.4) is 0 Å². The van der Waals surface area contributed by atoms with E-state index in [1.807, 2.05) is 12.1 Å². The van der Waals surface area contributed by atoms with E-state index in [9.17, 15) is 8.96 Å². The van der Waals surface area contributed by atoms with E-state index in [4.69, 9.17) is 24.8 Å². The first-order chi connectivity index (χ1) is 16.8. The lowest BCUT2D eigenvalue weighted by Gasteiger charge is -2.07. The van der Waals surface area contributed by atoms with Crippen LogP contribution in [0.2, 0.25) is 0 Å². The van der Waals surface area contributed by atoms with Crippen molar-refractivity contribution in [1.29, 1.82) is 0 Å². The number of nitrogens with two attached hydrogens (primary N) is 1. The molecule has 0 aliphatic carbocycles. The zero-order chi connectivity index (χ0) is 24.8. The van der Waals surface area contributed by atoms with Crippen LogP contribution in [0.25, 0.3) is 11.3 Å². The van der Waals surface area contributed by atoms with Gasteiger partial charge in [-0.3, -0.25) is 5.73 Å². The van der Waals surface area contributed by atoms with E-state index in [0.717, 1.165) is 11.1 Å². The molecular weight excluding hydrogens is 478 g/mol. The van der Waals surface area contributed by atoms with Crippen molar-refractivity contribution in [3.05, 3.63) is 89.6 Å². The van der Waals surface area contributed by atoms with Crippen LogP contribution in [0.15, 0.2) is 71.5 Å². The van der Waals surface area contributed by atoms with Gasteiger partial charge in [0, 0.05) is 31.2 Å². The number of pyridine rings is 2. The fourth-order valence-electron chi connectivity index (χ4n) is 3.32. The van der Waals surface area contributed by atoms with E-state index in [2.05, 4.69) is 14.7 Å². The minimum atomic E-state index is -4.64. The third-order valence-corrected chi connectivity index (χ3v) is 5.47. The molecule has 0 unspecified atom stereocenters. The number of nitrogens with zero attached hydrogens (tertiary/aromatic N) is 3. The highest BCUT2D eigenvalue weighted by molar-refractivity contribution is 7.46. The van der Waals surface area contributed by atoms with E-state index < -0.39 is 14.6 Å². The van der Waals surface area contributed by atoms with Gasteiger partial charge >= 0.3 is 7.82 Å². The van der Waals surface area contributed by atoms with Crippen molar-refractivity contribution in [3.8, 4) is 17.2 Å². The van der Waals surface area contributed by atoms with Crippen LogP contribution in [0.5, 0.6) is 5.88 Å². The van der Waals surface area contributed by atoms with Gasteiger partial charge in [-0.15, -0.1) is 0 Å². The number of rotatable bonds is 10. The monoisotopic (exact) mass is 501 g/mol. The molecule has 3 heterocycles. The molecule has 0 aliphatic rings. The summed E-state index contributed by atoms with van der Waals surface area (Å²) in [5.74, 6) is 0.785. The fraction of sp³-hybridized carbons (Fsp3) is 0.174. The number of anilines is 1. The van der Waals surface area contributed by atoms with E-state index in [1.165, 1.54) is 22.9 Å². The average molecular weight is 501 g/mol. The molecule has 0 amide bonds. The smallest absolute Gasteiger partial charge is 0.472 e. The Labute approximate surface area is 200 Å². The number of phosphoric acid groups is 1. The lowest BCUT2D eigenvalue weighted by atomic mass is 10.1. The highest BCUT2D eigenvalue weighted by atomic mass is 31.2. The Morgan fingerprint density at radius 1 is 1.11 bits per heavy atom. The van der Waals surface area contributed by atoms with Gasteiger partial charge in [0.1, 0.15) is 11.4 Å². The Bertz CT molecular complexity index is 1340. The Kier molecular flexibility index (Phi) is 7.52. The first kappa shape index (κ1) is 24.5. The van der Waals surface area contributed by atoms with E-state index >= 15 is 0 Å². The fourth-order valence-corrected chi connectivity index (χ4v) is 3.59. The number of phosphoric ester groups is 1. The molecule has 182 valence electrons. The molecule has 0 fully saturated rings. The molecule has 3 aromatic heterocycles. The van der Waals surface area contributed by atoms with Crippen molar-refractivity contribution in [2.24, 2.45) is 0 Å². The normalized spacial score (nSPS) is 11.5. The molecule has 0 atom stereocenters. The average Bonchev–Trinajstić information content (AvgIpc) is 3.27. The quantitative estimate of drug-likeness (QED) is 0.221. The molecule has 10 nitrogen and oxygen atoms in total. The Morgan fingerprint density at radius 2 is 1.97 bits per heavy atom. The third kappa shape index (κ3) is 6.93. The molecule has 12 heteroatoms. The molecule has 0 saturated carbocycles. The third-order valence-electron chi connectivity index (χ3n) is 5.02. The molecule has 1 aromatic carbocycles. The van der Waals surface area contributed by atoms with Gasteiger partial charge in [-0.25, -0.2) is 23.0 Å². The van der Waals surface area contributed by atoms with Crippen molar-refractivity contribution < 1.29 is 37.1 Å². The van der Waals surface area contributed by atoms with Crippen LogP contribution >= 0.6 is 7.82 Å². The molecule has 4 rings (SSSR count). The van der Waals surface area contributed by atoms with Crippen molar-refractivity contribution >= 4 is 13.6 Å². The van der Waals surface area contributed by atoms with Crippen molar-refractivity contribution in [2.75, 3.05) is 12.3 Å². The van der Waals surface area contributed by atoms with Gasteiger partial charge in [0.15, 0.2) is 5.76 Å². The summed E-state index contributed by atoms with van der Waals surface area (Å²) in [6.07, 6.45) is 4.22. The van der Waals surface area contributed by atoms with Gasteiger partial charge in [0.25, 0.3) is 5.82 Å². The number of benzene rings is 1. The summed E-state index contributed by atoms with van der Waals surface area (Å²) in [5, 5.41) is 4.07. The van der Waals surface area contributed by atoms with Crippen LogP contribution in [0.4, 0.5) is 10.2 Å². The predicted molar refractivity (Wildman–Crippen MR) is 122 cm³/mol. The Balaban J connectivity index is 1.35. The standard InChI is InChI=1S/C23H22FN4O6P/c24-18-4-1-3-16(11-18)8-10-32-22-7-6-17(14-26-22)12-19-13-21(34-27-19)20-5-2-9-28(23(20)25)15-33-35(29,30)31/h1-7,9,11,13-14,25H,8,10,12,15H2,(H2,29,30,31)/p+1. The van der Waals surface area contributed by atoms with Gasteiger partial charge in [-0.05, 0) is 35.4 Å². The Morgan fingerprint density at radius 3 is 2.71 bits per heavy atom. The molecule has 0 bridgehead atoms. The van der Waals surface area contributed by atoms with Crippen LogP contribution in [-0.4, -0.2) is 26.5 Å². The van der Waals surface area contributed by atoms with Gasteiger partial charge in [0.05, 0.1) is 18.5 Å². The van der Waals surface area contributed by atoms with Crippen molar-refractivity contribution in [1.82, 2.24) is 10.1 Å². The molecule has 35 heavy (non-hydrogen) atoms. The summed E-state index contributed by atoms with van der Waals surface area (Å²) in [6.45, 7) is -0.0482. The van der Waals surface area contributed by atoms with Gasteiger partial charge in [0.2, 0.25) is 12.6 Å². The maximum absolute atomic E-state index is 13.2. The summed E-state index contributed by atoms with van der Waals surface area (Å²) in [7, 11) is -4.64. The Hall–Kier alpha value is -3.63. The topological polar surface area (TPSA) is 145 Å². The number of hydrogen-bond acceptors (Lipinski definition) is 7. The first-order valence-corrected chi connectivity index (χ1v) is 12.1. The minimum Gasteiger partial charge on any atom is -0.477 e.